The molecule has 0 spiro atoms. The third-order valence-electron chi connectivity index (χ3n) is 2.56. The zero-order chi connectivity index (χ0) is 12.6. The Bertz CT molecular complexity index is 441. The van der Waals surface area contributed by atoms with Gasteiger partial charge in [-0.2, -0.15) is 16.4 Å². The van der Waals surface area contributed by atoms with E-state index in [-0.39, 0.29) is 0 Å². The van der Waals surface area contributed by atoms with E-state index in [2.05, 4.69) is 32.2 Å². The number of ether oxygens (including phenoxy) is 1. The standard InChI is InChI=1S/C12H18N4OS/c1-17-6-4-13-8-12-14-10-16(15-12)5-2-11-3-7-18-9-11/h3,7,9-10,13H,2,4-6,8H2,1H3. The highest BCUT2D eigenvalue weighted by atomic mass is 32.1. The molecular formula is C12H18N4OS. The SMILES string of the molecule is COCCNCc1ncn(CCc2ccsc2)n1. The normalized spacial score (nSPS) is 10.9. The summed E-state index contributed by atoms with van der Waals surface area (Å²) in [6, 6.07) is 2.15. The Morgan fingerprint density at radius 2 is 2.44 bits per heavy atom. The van der Waals surface area contributed by atoms with Crippen molar-refractivity contribution in [3.05, 3.63) is 34.5 Å². The summed E-state index contributed by atoms with van der Waals surface area (Å²) in [6.45, 7) is 3.09. The molecule has 0 fully saturated rings. The van der Waals surface area contributed by atoms with E-state index in [1.54, 1.807) is 24.8 Å². The topological polar surface area (TPSA) is 52.0 Å². The number of nitrogens with zero attached hydrogens (tertiary/aromatic N) is 3. The fraction of sp³-hybridized carbons (Fsp3) is 0.500. The first-order chi connectivity index (χ1) is 8.88. The molecule has 2 aromatic heterocycles. The van der Waals surface area contributed by atoms with Gasteiger partial charge >= 0.3 is 0 Å². The van der Waals surface area contributed by atoms with Crippen molar-refractivity contribution in [1.29, 1.82) is 0 Å². The van der Waals surface area contributed by atoms with E-state index < -0.39 is 0 Å². The number of hydrogen-bond donors (Lipinski definition) is 1. The minimum absolute atomic E-state index is 0.689. The Labute approximate surface area is 111 Å². The molecule has 0 aliphatic heterocycles. The van der Waals surface area contributed by atoms with Crippen molar-refractivity contribution >= 4 is 11.3 Å². The van der Waals surface area contributed by atoms with E-state index >= 15 is 0 Å². The molecule has 0 saturated carbocycles. The first-order valence-electron chi connectivity index (χ1n) is 5.97. The molecule has 0 radical (unpaired) electrons. The third-order valence-corrected chi connectivity index (χ3v) is 3.29. The van der Waals surface area contributed by atoms with E-state index in [1.165, 1.54) is 5.56 Å². The minimum Gasteiger partial charge on any atom is -0.383 e. The van der Waals surface area contributed by atoms with E-state index in [0.717, 1.165) is 25.3 Å². The molecule has 1 N–H and O–H groups in total. The summed E-state index contributed by atoms with van der Waals surface area (Å²) < 4.78 is 6.85. The van der Waals surface area contributed by atoms with Gasteiger partial charge in [-0.1, -0.05) is 0 Å². The maximum absolute atomic E-state index is 4.96. The second kappa shape index (κ2) is 7.25. The molecule has 0 saturated heterocycles. The molecule has 0 atom stereocenters. The maximum atomic E-state index is 4.96. The van der Waals surface area contributed by atoms with E-state index in [4.69, 9.17) is 4.74 Å². The van der Waals surface area contributed by atoms with Gasteiger partial charge < -0.3 is 10.1 Å². The average molecular weight is 266 g/mol. The fourth-order valence-corrected chi connectivity index (χ4v) is 2.28. The average Bonchev–Trinajstić information content (AvgIpc) is 3.03. The zero-order valence-corrected chi connectivity index (χ0v) is 11.3. The minimum atomic E-state index is 0.689. The smallest absolute Gasteiger partial charge is 0.164 e. The van der Waals surface area contributed by atoms with Gasteiger partial charge in [0.2, 0.25) is 0 Å². The van der Waals surface area contributed by atoms with Gasteiger partial charge in [0.15, 0.2) is 5.82 Å². The predicted molar refractivity (Wildman–Crippen MR) is 71.6 cm³/mol. The largest absolute Gasteiger partial charge is 0.383 e. The second-order valence-corrected chi connectivity index (χ2v) is 4.76. The monoisotopic (exact) mass is 266 g/mol. The van der Waals surface area contributed by atoms with Crippen molar-refractivity contribution in [3.63, 3.8) is 0 Å². The number of hydrogen-bond acceptors (Lipinski definition) is 5. The number of aryl methyl sites for hydroxylation is 2. The molecule has 6 heteroatoms. The Morgan fingerprint density at radius 3 is 3.22 bits per heavy atom. The molecule has 2 aromatic rings. The summed E-state index contributed by atoms with van der Waals surface area (Å²) in [5.41, 5.74) is 1.36. The van der Waals surface area contributed by atoms with Crippen LogP contribution in [0.1, 0.15) is 11.4 Å². The molecule has 2 heterocycles. The van der Waals surface area contributed by atoms with Gasteiger partial charge in [0.25, 0.3) is 0 Å². The van der Waals surface area contributed by atoms with Gasteiger partial charge in [-0.15, -0.1) is 0 Å². The van der Waals surface area contributed by atoms with Crippen molar-refractivity contribution in [2.45, 2.75) is 19.5 Å². The van der Waals surface area contributed by atoms with Crippen LogP contribution in [-0.2, 0) is 24.2 Å². The van der Waals surface area contributed by atoms with Crippen LogP contribution in [0.25, 0.3) is 0 Å². The molecule has 0 amide bonds. The number of nitrogens with one attached hydrogen (secondary N) is 1. The highest BCUT2D eigenvalue weighted by Gasteiger charge is 2.01. The Morgan fingerprint density at radius 1 is 1.50 bits per heavy atom. The second-order valence-electron chi connectivity index (χ2n) is 3.98. The first-order valence-corrected chi connectivity index (χ1v) is 6.92. The lowest BCUT2D eigenvalue weighted by Gasteiger charge is -2.00. The number of thiophene rings is 1. The van der Waals surface area contributed by atoms with Crippen LogP contribution < -0.4 is 5.32 Å². The van der Waals surface area contributed by atoms with Crippen LogP contribution in [0, 0.1) is 0 Å². The Balaban J connectivity index is 1.72. The number of aromatic nitrogens is 3. The van der Waals surface area contributed by atoms with Crippen molar-refractivity contribution in [3.8, 4) is 0 Å². The van der Waals surface area contributed by atoms with Crippen molar-refractivity contribution in [2.75, 3.05) is 20.3 Å². The fourth-order valence-electron chi connectivity index (χ4n) is 1.57. The van der Waals surface area contributed by atoms with Gasteiger partial charge in [0, 0.05) is 20.2 Å². The molecule has 0 aliphatic carbocycles. The lowest BCUT2D eigenvalue weighted by atomic mass is 10.2. The molecule has 0 aliphatic rings. The van der Waals surface area contributed by atoms with Crippen LogP contribution in [0.5, 0.6) is 0 Å². The van der Waals surface area contributed by atoms with Crippen molar-refractivity contribution in [2.24, 2.45) is 0 Å². The summed E-state index contributed by atoms with van der Waals surface area (Å²) in [7, 11) is 1.69. The summed E-state index contributed by atoms with van der Waals surface area (Å²) in [4.78, 5) is 4.26. The first kappa shape index (κ1) is 13.2. The van der Waals surface area contributed by atoms with Crippen LogP contribution in [0.3, 0.4) is 0 Å². The molecular weight excluding hydrogens is 248 g/mol. The zero-order valence-electron chi connectivity index (χ0n) is 10.5. The quantitative estimate of drug-likeness (QED) is 0.732. The van der Waals surface area contributed by atoms with Gasteiger partial charge in [0.05, 0.1) is 13.2 Å². The molecule has 98 valence electrons. The van der Waals surface area contributed by atoms with Crippen LogP contribution in [0.2, 0.25) is 0 Å². The van der Waals surface area contributed by atoms with Crippen LogP contribution >= 0.6 is 11.3 Å². The summed E-state index contributed by atoms with van der Waals surface area (Å²) in [5.74, 6) is 0.830. The Kier molecular flexibility index (Phi) is 5.32. The number of methoxy groups -OCH3 is 1. The van der Waals surface area contributed by atoms with Crippen LogP contribution in [0.15, 0.2) is 23.2 Å². The summed E-state index contributed by atoms with van der Waals surface area (Å²) >= 11 is 1.73. The van der Waals surface area contributed by atoms with Crippen LogP contribution in [-0.4, -0.2) is 35.0 Å². The van der Waals surface area contributed by atoms with Crippen molar-refractivity contribution < 1.29 is 4.74 Å². The van der Waals surface area contributed by atoms with E-state index in [1.807, 2.05) is 4.68 Å². The molecule has 0 unspecified atom stereocenters. The van der Waals surface area contributed by atoms with E-state index in [9.17, 15) is 0 Å². The van der Waals surface area contributed by atoms with E-state index in [0.29, 0.717) is 13.2 Å². The van der Waals surface area contributed by atoms with Gasteiger partial charge in [-0.3, -0.25) is 4.68 Å². The highest BCUT2D eigenvalue weighted by molar-refractivity contribution is 7.07. The molecule has 0 bridgehead atoms. The molecule has 0 aromatic carbocycles. The van der Waals surface area contributed by atoms with Gasteiger partial charge in [0.1, 0.15) is 6.33 Å². The number of rotatable bonds is 8. The lowest BCUT2D eigenvalue weighted by Crippen LogP contribution is -2.19. The van der Waals surface area contributed by atoms with Crippen LogP contribution in [0.4, 0.5) is 0 Å². The molecule has 2 rings (SSSR count). The third kappa shape index (κ3) is 4.21. The van der Waals surface area contributed by atoms with Crippen molar-refractivity contribution in [1.82, 2.24) is 20.1 Å². The summed E-state index contributed by atoms with van der Waals surface area (Å²) in [6.07, 6.45) is 2.79. The molecule has 18 heavy (non-hydrogen) atoms. The van der Waals surface area contributed by atoms with Gasteiger partial charge in [-0.05, 0) is 28.8 Å². The maximum Gasteiger partial charge on any atom is 0.164 e. The summed E-state index contributed by atoms with van der Waals surface area (Å²) in [5, 5.41) is 11.9. The highest BCUT2D eigenvalue weighted by Crippen LogP contribution is 2.07. The lowest BCUT2D eigenvalue weighted by molar-refractivity contribution is 0.199. The molecule has 5 nitrogen and oxygen atoms in total. The Hall–Kier alpha value is -1.24. The van der Waals surface area contributed by atoms with Gasteiger partial charge in [-0.25, -0.2) is 4.98 Å². The predicted octanol–water partition coefficient (Wildman–Crippen LogP) is 1.32.